The van der Waals surface area contributed by atoms with Gasteiger partial charge in [-0.2, -0.15) is 0 Å². The van der Waals surface area contributed by atoms with Gasteiger partial charge in [0.1, 0.15) is 34.7 Å². The molecule has 0 saturated carbocycles. The van der Waals surface area contributed by atoms with E-state index in [0.717, 1.165) is 11.3 Å². The van der Waals surface area contributed by atoms with Crippen molar-refractivity contribution in [3.8, 4) is 23.0 Å². The summed E-state index contributed by atoms with van der Waals surface area (Å²) in [7, 11) is 4.70. The Bertz CT molecular complexity index is 721. The lowest BCUT2D eigenvalue weighted by Crippen LogP contribution is -2.21. The Morgan fingerprint density at radius 1 is 0.957 bits per heavy atom. The van der Waals surface area contributed by atoms with Crippen molar-refractivity contribution >= 4 is 5.78 Å². The molecule has 0 radical (unpaired) electrons. The number of carbonyl (C=O) groups is 1. The van der Waals surface area contributed by atoms with E-state index in [0.29, 0.717) is 22.8 Å². The summed E-state index contributed by atoms with van der Waals surface area (Å²) in [4.78, 5) is 12.5. The standard InChI is InChI=1S/C18H18O5/c1-20-12-6-4-11(5-7-12)15-10-14(19)18-16(22-3)8-13(21-2)9-17(18)23-15/h4-9,15H,10H2,1-3H3/t15-/m1/s1. The maximum absolute atomic E-state index is 12.5. The van der Waals surface area contributed by atoms with Crippen LogP contribution < -0.4 is 18.9 Å². The number of hydrogen-bond donors (Lipinski definition) is 0. The van der Waals surface area contributed by atoms with Gasteiger partial charge >= 0.3 is 0 Å². The smallest absolute Gasteiger partial charge is 0.174 e. The van der Waals surface area contributed by atoms with E-state index in [1.165, 1.54) is 7.11 Å². The monoisotopic (exact) mass is 314 g/mol. The van der Waals surface area contributed by atoms with E-state index in [1.807, 2.05) is 24.3 Å². The molecular weight excluding hydrogens is 296 g/mol. The third-order valence-electron chi connectivity index (χ3n) is 3.90. The van der Waals surface area contributed by atoms with E-state index in [1.54, 1.807) is 26.4 Å². The van der Waals surface area contributed by atoms with Crippen LogP contribution in [0.5, 0.6) is 23.0 Å². The van der Waals surface area contributed by atoms with E-state index < -0.39 is 0 Å². The van der Waals surface area contributed by atoms with Gasteiger partial charge in [0.15, 0.2) is 5.78 Å². The summed E-state index contributed by atoms with van der Waals surface area (Å²) in [5, 5.41) is 0. The molecule has 0 aliphatic carbocycles. The first-order valence-corrected chi connectivity index (χ1v) is 7.26. The first-order chi connectivity index (χ1) is 11.2. The highest BCUT2D eigenvalue weighted by Gasteiger charge is 2.31. The topological polar surface area (TPSA) is 54.0 Å². The highest BCUT2D eigenvalue weighted by atomic mass is 16.5. The molecule has 3 rings (SSSR count). The molecule has 0 spiro atoms. The lowest BCUT2D eigenvalue weighted by atomic mass is 9.95. The third kappa shape index (κ3) is 2.82. The maximum Gasteiger partial charge on any atom is 0.174 e. The van der Waals surface area contributed by atoms with Gasteiger partial charge in [-0.1, -0.05) is 12.1 Å². The molecule has 120 valence electrons. The number of rotatable bonds is 4. The minimum absolute atomic E-state index is 0.00780. The van der Waals surface area contributed by atoms with Crippen molar-refractivity contribution in [3.05, 3.63) is 47.5 Å². The third-order valence-corrected chi connectivity index (χ3v) is 3.90. The predicted octanol–water partition coefficient (Wildman–Crippen LogP) is 3.42. The summed E-state index contributed by atoms with van der Waals surface area (Å²) in [6, 6.07) is 10.9. The Kier molecular flexibility index (Phi) is 4.10. The SMILES string of the molecule is COc1ccc([C@H]2CC(=O)c3c(OC)cc(OC)cc3O2)cc1. The lowest BCUT2D eigenvalue weighted by molar-refractivity contribution is 0.0844. The summed E-state index contributed by atoms with van der Waals surface area (Å²) >= 11 is 0. The molecular formula is C18H18O5. The minimum Gasteiger partial charge on any atom is -0.497 e. The number of methoxy groups -OCH3 is 3. The number of benzene rings is 2. The largest absolute Gasteiger partial charge is 0.497 e. The van der Waals surface area contributed by atoms with E-state index in [9.17, 15) is 4.79 Å². The molecule has 0 fully saturated rings. The van der Waals surface area contributed by atoms with Gasteiger partial charge in [-0.25, -0.2) is 0 Å². The average Bonchev–Trinajstić information content (AvgIpc) is 2.60. The van der Waals surface area contributed by atoms with Crippen molar-refractivity contribution in [1.82, 2.24) is 0 Å². The Labute approximate surface area is 134 Å². The van der Waals surface area contributed by atoms with Gasteiger partial charge in [-0.15, -0.1) is 0 Å². The molecule has 2 aromatic rings. The second-order valence-electron chi connectivity index (χ2n) is 5.21. The lowest BCUT2D eigenvalue weighted by Gasteiger charge is -2.27. The molecule has 0 amide bonds. The molecule has 0 bridgehead atoms. The normalized spacial score (nSPS) is 16.3. The number of hydrogen-bond acceptors (Lipinski definition) is 5. The number of ether oxygens (including phenoxy) is 4. The Hall–Kier alpha value is -2.69. The highest BCUT2D eigenvalue weighted by molar-refractivity contribution is 6.02. The van der Waals surface area contributed by atoms with Gasteiger partial charge in [-0.3, -0.25) is 4.79 Å². The van der Waals surface area contributed by atoms with Gasteiger partial charge < -0.3 is 18.9 Å². The van der Waals surface area contributed by atoms with Crippen LogP contribution in [0.4, 0.5) is 0 Å². The number of fused-ring (bicyclic) bond motifs is 1. The summed E-state index contributed by atoms with van der Waals surface area (Å²) in [6.07, 6.45) is -0.0696. The van der Waals surface area contributed by atoms with E-state index in [4.69, 9.17) is 18.9 Å². The van der Waals surface area contributed by atoms with Gasteiger partial charge in [-0.05, 0) is 17.7 Å². The molecule has 1 aliphatic heterocycles. The van der Waals surface area contributed by atoms with Crippen molar-refractivity contribution in [2.24, 2.45) is 0 Å². The van der Waals surface area contributed by atoms with Crippen molar-refractivity contribution in [2.75, 3.05) is 21.3 Å². The highest BCUT2D eigenvalue weighted by Crippen LogP contribution is 2.42. The summed E-state index contributed by atoms with van der Waals surface area (Å²) in [5.41, 5.74) is 1.39. The van der Waals surface area contributed by atoms with Gasteiger partial charge in [0.05, 0.1) is 27.8 Å². The fourth-order valence-electron chi connectivity index (χ4n) is 2.68. The van der Waals surface area contributed by atoms with Crippen molar-refractivity contribution in [2.45, 2.75) is 12.5 Å². The van der Waals surface area contributed by atoms with Crippen LogP contribution in [0.3, 0.4) is 0 Å². The molecule has 1 heterocycles. The molecule has 5 heteroatoms. The molecule has 0 N–H and O–H groups in total. The average molecular weight is 314 g/mol. The molecule has 0 aromatic heterocycles. The Morgan fingerprint density at radius 3 is 2.26 bits per heavy atom. The maximum atomic E-state index is 12.5. The van der Waals surface area contributed by atoms with E-state index in [-0.39, 0.29) is 18.3 Å². The second kappa shape index (κ2) is 6.20. The van der Waals surface area contributed by atoms with Crippen molar-refractivity contribution < 1.29 is 23.7 Å². The zero-order valence-corrected chi connectivity index (χ0v) is 13.3. The molecule has 1 atom stereocenters. The Morgan fingerprint density at radius 2 is 1.65 bits per heavy atom. The van der Waals surface area contributed by atoms with Crippen LogP contribution >= 0.6 is 0 Å². The van der Waals surface area contributed by atoms with Crippen LogP contribution in [0.15, 0.2) is 36.4 Å². The molecule has 1 aliphatic rings. The van der Waals surface area contributed by atoms with Gasteiger partial charge in [0.2, 0.25) is 0 Å². The second-order valence-corrected chi connectivity index (χ2v) is 5.21. The number of ketones is 1. The fraction of sp³-hybridized carbons (Fsp3) is 0.278. The van der Waals surface area contributed by atoms with Crippen LogP contribution in [-0.2, 0) is 0 Å². The Balaban J connectivity index is 1.97. The van der Waals surface area contributed by atoms with Gasteiger partial charge in [0.25, 0.3) is 0 Å². The van der Waals surface area contributed by atoms with E-state index >= 15 is 0 Å². The molecule has 5 nitrogen and oxygen atoms in total. The van der Waals surface area contributed by atoms with Crippen molar-refractivity contribution in [3.63, 3.8) is 0 Å². The van der Waals surface area contributed by atoms with Crippen molar-refractivity contribution in [1.29, 1.82) is 0 Å². The number of carbonyl (C=O) groups excluding carboxylic acids is 1. The zero-order valence-electron chi connectivity index (χ0n) is 13.3. The molecule has 0 unspecified atom stereocenters. The van der Waals surface area contributed by atoms with Crippen LogP contribution in [0.2, 0.25) is 0 Å². The number of Topliss-reactive ketones (excluding diaryl/α,β-unsaturated/α-hetero) is 1. The van der Waals surface area contributed by atoms with Gasteiger partial charge in [0, 0.05) is 12.1 Å². The first kappa shape index (κ1) is 15.2. The fourth-order valence-corrected chi connectivity index (χ4v) is 2.68. The van der Waals surface area contributed by atoms with Crippen LogP contribution in [0, 0.1) is 0 Å². The minimum atomic E-state index is -0.335. The molecule has 0 saturated heterocycles. The van der Waals surface area contributed by atoms with Crippen LogP contribution in [0.1, 0.15) is 28.4 Å². The first-order valence-electron chi connectivity index (χ1n) is 7.26. The quantitative estimate of drug-likeness (QED) is 0.865. The predicted molar refractivity (Wildman–Crippen MR) is 84.9 cm³/mol. The van der Waals surface area contributed by atoms with Crippen LogP contribution in [-0.4, -0.2) is 27.1 Å². The molecule has 23 heavy (non-hydrogen) atoms. The summed E-state index contributed by atoms with van der Waals surface area (Å²) in [6.45, 7) is 0. The van der Waals surface area contributed by atoms with Crippen LogP contribution in [0.25, 0.3) is 0 Å². The van der Waals surface area contributed by atoms with E-state index in [2.05, 4.69) is 0 Å². The molecule has 2 aromatic carbocycles. The zero-order chi connectivity index (χ0) is 16.4. The summed E-state index contributed by atoms with van der Waals surface area (Å²) in [5.74, 6) is 2.30. The summed E-state index contributed by atoms with van der Waals surface area (Å²) < 4.78 is 21.7.